The van der Waals surface area contributed by atoms with Gasteiger partial charge >= 0.3 is 0 Å². The summed E-state index contributed by atoms with van der Waals surface area (Å²) in [5.74, 6) is -0.181. The van der Waals surface area contributed by atoms with Crippen molar-refractivity contribution in [3.8, 4) is 0 Å². The van der Waals surface area contributed by atoms with Crippen LogP contribution in [0.5, 0.6) is 0 Å². The van der Waals surface area contributed by atoms with Crippen LogP contribution in [0.15, 0.2) is 18.2 Å². The van der Waals surface area contributed by atoms with E-state index in [-0.39, 0.29) is 17.9 Å². The van der Waals surface area contributed by atoms with Crippen molar-refractivity contribution in [2.45, 2.75) is 45.7 Å². The molecule has 0 aromatic heterocycles. The van der Waals surface area contributed by atoms with E-state index >= 15 is 0 Å². The Morgan fingerprint density at radius 3 is 2.60 bits per heavy atom. The average molecular weight is 282 g/mol. The highest BCUT2D eigenvalue weighted by atomic mass is 19.1. The van der Waals surface area contributed by atoms with Gasteiger partial charge in [-0.15, -0.1) is 0 Å². The summed E-state index contributed by atoms with van der Waals surface area (Å²) in [5.41, 5.74) is 7.53. The van der Waals surface area contributed by atoms with E-state index in [1.807, 2.05) is 13.0 Å². The average Bonchev–Trinajstić information content (AvgIpc) is 2.40. The molecule has 2 atom stereocenters. The Morgan fingerprint density at radius 1 is 1.35 bits per heavy atom. The number of ether oxygens (including phenoxy) is 1. The molecule has 0 amide bonds. The van der Waals surface area contributed by atoms with E-state index in [1.54, 1.807) is 13.2 Å². The molecule has 0 bridgehead atoms. The fraction of sp³-hybridized carbons (Fsp3) is 0.625. The van der Waals surface area contributed by atoms with Gasteiger partial charge in [-0.2, -0.15) is 0 Å². The Morgan fingerprint density at radius 2 is 2.05 bits per heavy atom. The first kappa shape index (κ1) is 16.9. The Balaban J connectivity index is 3.15. The predicted octanol–water partition coefficient (Wildman–Crippen LogP) is 2.97. The van der Waals surface area contributed by atoms with E-state index in [2.05, 4.69) is 18.7 Å². The lowest BCUT2D eigenvalue weighted by Crippen LogP contribution is -2.37. The van der Waals surface area contributed by atoms with Crippen LogP contribution in [0.4, 0.5) is 10.1 Å². The molecule has 1 aromatic rings. The van der Waals surface area contributed by atoms with E-state index in [4.69, 9.17) is 10.5 Å². The van der Waals surface area contributed by atoms with E-state index in [9.17, 15) is 4.39 Å². The van der Waals surface area contributed by atoms with Gasteiger partial charge < -0.3 is 15.4 Å². The summed E-state index contributed by atoms with van der Waals surface area (Å²) in [6, 6.07) is 5.50. The molecule has 0 heterocycles. The van der Waals surface area contributed by atoms with Gasteiger partial charge in [-0.3, -0.25) is 0 Å². The first-order chi connectivity index (χ1) is 9.51. The highest BCUT2D eigenvalue weighted by molar-refractivity contribution is 5.56. The van der Waals surface area contributed by atoms with Crippen molar-refractivity contribution in [2.75, 3.05) is 25.2 Å². The normalized spacial score (nSPS) is 14.1. The zero-order valence-electron chi connectivity index (χ0n) is 13.0. The van der Waals surface area contributed by atoms with Crippen LogP contribution in [0.25, 0.3) is 0 Å². The first-order valence-electron chi connectivity index (χ1n) is 7.29. The largest absolute Gasteiger partial charge is 0.383 e. The van der Waals surface area contributed by atoms with Crippen molar-refractivity contribution in [1.82, 2.24) is 0 Å². The number of nitrogens with zero attached hydrogens (tertiary/aromatic N) is 1. The second-order valence-corrected chi connectivity index (χ2v) is 5.37. The molecule has 20 heavy (non-hydrogen) atoms. The van der Waals surface area contributed by atoms with Gasteiger partial charge in [0.2, 0.25) is 0 Å². The quantitative estimate of drug-likeness (QED) is 0.796. The molecule has 2 N–H and O–H groups in total. The van der Waals surface area contributed by atoms with Crippen molar-refractivity contribution in [1.29, 1.82) is 0 Å². The van der Waals surface area contributed by atoms with E-state index in [0.29, 0.717) is 25.3 Å². The zero-order chi connectivity index (χ0) is 15.1. The summed E-state index contributed by atoms with van der Waals surface area (Å²) < 4.78 is 19.5. The predicted molar refractivity (Wildman–Crippen MR) is 82.7 cm³/mol. The van der Waals surface area contributed by atoms with Gasteiger partial charge in [0.25, 0.3) is 0 Å². The number of nitrogens with two attached hydrogens (primary N) is 1. The molecular formula is C16H27FN2O. The molecule has 0 fully saturated rings. The molecule has 0 aliphatic carbocycles. The van der Waals surface area contributed by atoms with E-state index in [0.717, 1.165) is 12.0 Å². The van der Waals surface area contributed by atoms with Crippen LogP contribution in [-0.2, 0) is 11.2 Å². The molecule has 0 aliphatic rings. The number of rotatable bonds is 8. The Hall–Kier alpha value is -1.13. The maximum absolute atomic E-state index is 14.4. The molecule has 1 aromatic carbocycles. The molecule has 4 heteroatoms. The van der Waals surface area contributed by atoms with Crippen LogP contribution >= 0.6 is 0 Å². The minimum atomic E-state index is -0.181. The van der Waals surface area contributed by atoms with Crippen LogP contribution in [0.1, 0.15) is 32.8 Å². The second-order valence-electron chi connectivity index (χ2n) is 5.37. The second kappa shape index (κ2) is 8.22. The highest BCUT2D eigenvalue weighted by Crippen LogP contribution is 2.28. The van der Waals surface area contributed by atoms with Crippen molar-refractivity contribution >= 4 is 5.69 Å². The lowest BCUT2D eigenvalue weighted by Gasteiger charge is -2.33. The van der Waals surface area contributed by atoms with Crippen molar-refractivity contribution in [3.63, 3.8) is 0 Å². The SMILES string of the molecule is CCC(C)N(CCOC)c1c(F)cccc1CC(C)N. The van der Waals surface area contributed by atoms with E-state index in [1.165, 1.54) is 6.07 Å². The molecule has 0 spiro atoms. The van der Waals surface area contributed by atoms with Crippen LogP contribution in [0, 0.1) is 5.82 Å². The number of hydrogen-bond donors (Lipinski definition) is 1. The number of benzene rings is 1. The summed E-state index contributed by atoms with van der Waals surface area (Å²) >= 11 is 0. The highest BCUT2D eigenvalue weighted by Gasteiger charge is 2.20. The lowest BCUT2D eigenvalue weighted by molar-refractivity contribution is 0.203. The van der Waals surface area contributed by atoms with Crippen LogP contribution < -0.4 is 10.6 Å². The zero-order valence-corrected chi connectivity index (χ0v) is 13.0. The third-order valence-electron chi connectivity index (χ3n) is 3.56. The maximum atomic E-state index is 14.4. The summed E-state index contributed by atoms with van der Waals surface area (Å²) in [7, 11) is 1.67. The number of anilines is 1. The van der Waals surface area contributed by atoms with Crippen molar-refractivity contribution in [2.24, 2.45) is 5.73 Å². The number of halogens is 1. The minimum Gasteiger partial charge on any atom is -0.383 e. The molecule has 0 radical (unpaired) electrons. The van der Waals surface area contributed by atoms with E-state index < -0.39 is 0 Å². The van der Waals surface area contributed by atoms with Gasteiger partial charge in [0, 0.05) is 25.7 Å². The van der Waals surface area contributed by atoms with Crippen LogP contribution in [0.2, 0.25) is 0 Å². The third-order valence-corrected chi connectivity index (χ3v) is 3.56. The van der Waals surface area contributed by atoms with Gasteiger partial charge in [-0.05, 0) is 38.3 Å². The molecule has 0 saturated carbocycles. The Bertz CT molecular complexity index is 409. The standard InChI is InChI=1S/C16H27FN2O/c1-5-13(3)19(9-10-20-4)16-14(11-12(2)18)7-6-8-15(16)17/h6-8,12-13H,5,9-11,18H2,1-4H3. The molecule has 0 aliphatic heterocycles. The Labute approximate surface area is 121 Å². The number of hydrogen-bond acceptors (Lipinski definition) is 3. The summed E-state index contributed by atoms with van der Waals surface area (Å²) in [6.07, 6.45) is 1.63. The summed E-state index contributed by atoms with van der Waals surface area (Å²) in [4.78, 5) is 2.09. The Kier molecular flexibility index (Phi) is 6.96. The first-order valence-corrected chi connectivity index (χ1v) is 7.29. The van der Waals surface area contributed by atoms with Gasteiger partial charge in [0.15, 0.2) is 0 Å². The smallest absolute Gasteiger partial charge is 0.146 e. The topological polar surface area (TPSA) is 38.5 Å². The van der Waals surface area contributed by atoms with Gasteiger partial charge in [-0.1, -0.05) is 19.1 Å². The fourth-order valence-electron chi connectivity index (χ4n) is 2.36. The summed E-state index contributed by atoms with van der Waals surface area (Å²) in [5, 5.41) is 0. The van der Waals surface area contributed by atoms with Crippen molar-refractivity contribution < 1.29 is 9.13 Å². The lowest BCUT2D eigenvalue weighted by atomic mass is 10.0. The van der Waals surface area contributed by atoms with Crippen LogP contribution in [-0.4, -0.2) is 32.3 Å². The molecular weight excluding hydrogens is 255 g/mol. The monoisotopic (exact) mass is 282 g/mol. The molecule has 3 nitrogen and oxygen atoms in total. The van der Waals surface area contributed by atoms with Gasteiger partial charge in [0.05, 0.1) is 12.3 Å². The minimum absolute atomic E-state index is 0.0109. The van der Waals surface area contributed by atoms with Gasteiger partial charge in [-0.25, -0.2) is 4.39 Å². The molecule has 2 unspecified atom stereocenters. The number of para-hydroxylation sites is 1. The number of methoxy groups -OCH3 is 1. The molecule has 1 rings (SSSR count). The summed E-state index contributed by atoms with van der Waals surface area (Å²) in [6.45, 7) is 7.42. The van der Waals surface area contributed by atoms with Crippen LogP contribution in [0.3, 0.4) is 0 Å². The van der Waals surface area contributed by atoms with Gasteiger partial charge in [0.1, 0.15) is 5.82 Å². The molecule has 0 saturated heterocycles. The fourth-order valence-corrected chi connectivity index (χ4v) is 2.36. The molecule has 114 valence electrons. The third kappa shape index (κ3) is 4.46. The maximum Gasteiger partial charge on any atom is 0.146 e. The van der Waals surface area contributed by atoms with Crippen molar-refractivity contribution in [3.05, 3.63) is 29.6 Å².